The van der Waals surface area contributed by atoms with Crippen LogP contribution in [0.5, 0.6) is 0 Å². The molecule has 82 valence electrons. The average Bonchev–Trinajstić information content (AvgIpc) is 2.07. The lowest BCUT2D eigenvalue weighted by molar-refractivity contribution is 0.186. The van der Waals surface area contributed by atoms with Crippen LogP contribution in [-0.2, 0) is 0 Å². The molecule has 0 radical (unpaired) electrons. The van der Waals surface area contributed by atoms with Crippen LogP contribution >= 0.6 is 0 Å². The molecule has 0 aromatic heterocycles. The maximum Gasteiger partial charge on any atom is 0.0118 e. The fourth-order valence-electron chi connectivity index (χ4n) is 3.08. The fourth-order valence-corrected chi connectivity index (χ4v) is 3.08. The summed E-state index contributed by atoms with van der Waals surface area (Å²) in [5.41, 5.74) is 0. The van der Waals surface area contributed by atoms with Crippen LogP contribution in [0, 0.1) is 17.8 Å². The van der Waals surface area contributed by atoms with Crippen LogP contribution < -0.4 is 5.32 Å². The molecule has 2 atom stereocenters. The summed E-state index contributed by atoms with van der Waals surface area (Å²) in [6.45, 7) is 6.14. The second kappa shape index (κ2) is 4.65. The van der Waals surface area contributed by atoms with Crippen LogP contribution in [0.2, 0.25) is 0 Å². The normalized spacial score (nSPS) is 39.4. The minimum absolute atomic E-state index is 0.810. The van der Waals surface area contributed by atoms with E-state index in [9.17, 15) is 0 Å². The molecule has 2 aliphatic carbocycles. The van der Waals surface area contributed by atoms with Crippen LogP contribution in [0.1, 0.15) is 52.4 Å². The van der Waals surface area contributed by atoms with Gasteiger partial charge in [-0.3, -0.25) is 0 Å². The predicted molar refractivity (Wildman–Crippen MR) is 61.3 cm³/mol. The first kappa shape index (κ1) is 10.5. The van der Waals surface area contributed by atoms with Crippen molar-refractivity contribution in [2.45, 2.75) is 58.4 Å². The Morgan fingerprint density at radius 2 is 1.50 bits per heavy atom. The van der Waals surface area contributed by atoms with Gasteiger partial charge in [0.15, 0.2) is 0 Å². The number of hydrogen-bond acceptors (Lipinski definition) is 1. The maximum atomic E-state index is 3.82. The molecule has 2 saturated carbocycles. The summed E-state index contributed by atoms with van der Waals surface area (Å²) in [6, 6.07) is 0.810. The Kier molecular flexibility index (Phi) is 3.48. The zero-order chi connectivity index (χ0) is 9.97. The van der Waals surface area contributed by atoms with Crippen molar-refractivity contribution in [2.75, 3.05) is 6.54 Å². The number of hydrogen-bond donors (Lipinski definition) is 1. The van der Waals surface area contributed by atoms with Crippen molar-refractivity contribution in [3.8, 4) is 0 Å². The maximum absolute atomic E-state index is 3.82. The van der Waals surface area contributed by atoms with E-state index in [1.54, 1.807) is 0 Å². The Hall–Kier alpha value is -0.0400. The van der Waals surface area contributed by atoms with Gasteiger partial charge < -0.3 is 5.32 Å². The molecule has 0 saturated heterocycles. The third kappa shape index (κ3) is 2.31. The average molecular weight is 195 g/mol. The van der Waals surface area contributed by atoms with E-state index < -0.39 is 0 Å². The first-order valence-electron chi connectivity index (χ1n) is 6.50. The van der Waals surface area contributed by atoms with Gasteiger partial charge in [0, 0.05) is 6.04 Å². The van der Waals surface area contributed by atoms with Gasteiger partial charge in [-0.1, -0.05) is 26.7 Å². The van der Waals surface area contributed by atoms with E-state index in [-0.39, 0.29) is 0 Å². The molecular weight excluding hydrogens is 170 g/mol. The molecule has 1 heteroatoms. The molecule has 2 aliphatic rings. The van der Waals surface area contributed by atoms with Gasteiger partial charge in [0.2, 0.25) is 0 Å². The first-order chi connectivity index (χ1) is 6.77. The van der Waals surface area contributed by atoms with Gasteiger partial charge in [-0.25, -0.2) is 0 Å². The predicted octanol–water partition coefficient (Wildman–Crippen LogP) is 3.20. The smallest absolute Gasteiger partial charge is 0.0118 e. The highest BCUT2D eigenvalue weighted by Crippen LogP contribution is 2.30. The minimum atomic E-state index is 0.810. The molecule has 2 fully saturated rings. The third-order valence-corrected chi connectivity index (χ3v) is 4.41. The van der Waals surface area contributed by atoms with Crippen LogP contribution in [0.4, 0.5) is 0 Å². The highest BCUT2D eigenvalue weighted by Gasteiger charge is 2.28. The molecule has 1 nitrogen and oxygen atoms in total. The largest absolute Gasteiger partial charge is 0.313 e. The SMILES string of the molecule is CC1CCCC(C)C1NCC1CCC1. The van der Waals surface area contributed by atoms with Crippen LogP contribution in [0.3, 0.4) is 0 Å². The van der Waals surface area contributed by atoms with Gasteiger partial charge in [0.05, 0.1) is 0 Å². The summed E-state index contributed by atoms with van der Waals surface area (Å²) >= 11 is 0. The van der Waals surface area contributed by atoms with E-state index >= 15 is 0 Å². The lowest BCUT2D eigenvalue weighted by atomic mass is 9.78. The van der Waals surface area contributed by atoms with Crippen LogP contribution in [0.15, 0.2) is 0 Å². The highest BCUT2D eigenvalue weighted by atomic mass is 14.9. The van der Waals surface area contributed by atoms with Crippen molar-refractivity contribution < 1.29 is 0 Å². The van der Waals surface area contributed by atoms with Gasteiger partial charge in [0.25, 0.3) is 0 Å². The Morgan fingerprint density at radius 1 is 0.929 bits per heavy atom. The van der Waals surface area contributed by atoms with Crippen molar-refractivity contribution in [1.29, 1.82) is 0 Å². The summed E-state index contributed by atoms with van der Waals surface area (Å²) in [6.07, 6.45) is 8.75. The second-order valence-corrected chi connectivity index (χ2v) is 5.62. The summed E-state index contributed by atoms with van der Waals surface area (Å²) in [4.78, 5) is 0. The van der Waals surface area contributed by atoms with E-state index in [2.05, 4.69) is 19.2 Å². The minimum Gasteiger partial charge on any atom is -0.313 e. The molecule has 0 aliphatic heterocycles. The monoisotopic (exact) mass is 195 g/mol. The Labute approximate surface area is 88.7 Å². The Morgan fingerprint density at radius 3 is 2.00 bits per heavy atom. The van der Waals surface area contributed by atoms with E-state index in [1.807, 2.05) is 0 Å². The van der Waals surface area contributed by atoms with E-state index in [1.165, 1.54) is 45.1 Å². The molecule has 0 heterocycles. The summed E-state index contributed by atoms with van der Waals surface area (Å²) in [5, 5.41) is 3.82. The standard InChI is InChI=1S/C13H25N/c1-10-5-3-6-11(2)13(10)14-9-12-7-4-8-12/h10-14H,3-9H2,1-2H3. The molecule has 0 spiro atoms. The van der Waals surface area contributed by atoms with Crippen molar-refractivity contribution in [1.82, 2.24) is 5.32 Å². The Bertz CT molecular complexity index is 164. The molecule has 0 amide bonds. The summed E-state index contributed by atoms with van der Waals surface area (Å²) in [7, 11) is 0. The second-order valence-electron chi connectivity index (χ2n) is 5.62. The molecular formula is C13H25N. The van der Waals surface area contributed by atoms with E-state index in [0.717, 1.165) is 23.8 Å². The van der Waals surface area contributed by atoms with Crippen molar-refractivity contribution in [2.24, 2.45) is 17.8 Å². The molecule has 2 rings (SSSR count). The number of nitrogens with one attached hydrogen (secondary N) is 1. The quantitative estimate of drug-likeness (QED) is 0.729. The summed E-state index contributed by atoms with van der Waals surface area (Å²) < 4.78 is 0. The van der Waals surface area contributed by atoms with Crippen molar-refractivity contribution in [3.63, 3.8) is 0 Å². The highest BCUT2D eigenvalue weighted by molar-refractivity contribution is 4.84. The van der Waals surface area contributed by atoms with E-state index in [4.69, 9.17) is 0 Å². The lowest BCUT2D eigenvalue weighted by Crippen LogP contribution is -2.45. The van der Waals surface area contributed by atoms with Crippen LogP contribution in [0.25, 0.3) is 0 Å². The zero-order valence-electron chi connectivity index (χ0n) is 9.76. The Balaban J connectivity index is 1.75. The molecule has 0 bridgehead atoms. The summed E-state index contributed by atoms with van der Waals surface area (Å²) in [5.74, 6) is 2.81. The molecule has 14 heavy (non-hydrogen) atoms. The van der Waals surface area contributed by atoms with Gasteiger partial charge >= 0.3 is 0 Å². The van der Waals surface area contributed by atoms with Gasteiger partial charge in [-0.05, 0) is 50.0 Å². The van der Waals surface area contributed by atoms with E-state index in [0.29, 0.717) is 0 Å². The zero-order valence-corrected chi connectivity index (χ0v) is 9.76. The lowest BCUT2D eigenvalue weighted by Gasteiger charge is -2.37. The van der Waals surface area contributed by atoms with Gasteiger partial charge in [0.1, 0.15) is 0 Å². The van der Waals surface area contributed by atoms with Crippen molar-refractivity contribution >= 4 is 0 Å². The third-order valence-electron chi connectivity index (χ3n) is 4.41. The van der Waals surface area contributed by atoms with Gasteiger partial charge in [-0.15, -0.1) is 0 Å². The molecule has 0 aromatic rings. The van der Waals surface area contributed by atoms with Crippen LogP contribution in [-0.4, -0.2) is 12.6 Å². The molecule has 1 N–H and O–H groups in total. The molecule has 0 aromatic carbocycles. The fraction of sp³-hybridized carbons (Fsp3) is 1.00. The van der Waals surface area contributed by atoms with Crippen molar-refractivity contribution in [3.05, 3.63) is 0 Å². The van der Waals surface area contributed by atoms with Gasteiger partial charge in [-0.2, -0.15) is 0 Å². The topological polar surface area (TPSA) is 12.0 Å². The molecule has 2 unspecified atom stereocenters. The number of rotatable bonds is 3. The first-order valence-corrected chi connectivity index (χ1v) is 6.50.